The molecule has 26 heavy (non-hydrogen) atoms. The van der Waals surface area contributed by atoms with Crippen LogP contribution in [-0.4, -0.2) is 33.7 Å². The molecule has 1 aliphatic heterocycles. The van der Waals surface area contributed by atoms with Crippen LogP contribution >= 0.6 is 0 Å². The molecule has 0 amide bonds. The van der Waals surface area contributed by atoms with E-state index in [4.69, 9.17) is 5.11 Å². The number of aromatic nitrogens is 2. The Balaban J connectivity index is 1.75. The minimum atomic E-state index is -2.70. The molecule has 0 radical (unpaired) electrons. The molecule has 0 saturated carbocycles. The van der Waals surface area contributed by atoms with Crippen molar-refractivity contribution in [3.63, 3.8) is 0 Å². The van der Waals surface area contributed by atoms with E-state index in [0.717, 1.165) is 10.3 Å². The van der Waals surface area contributed by atoms with Crippen molar-refractivity contribution in [3.05, 3.63) is 48.5 Å². The second-order valence-electron chi connectivity index (χ2n) is 6.39. The highest BCUT2D eigenvalue weighted by atomic mass is 19.3. The number of hydrogen-bond donors (Lipinski definition) is 1. The van der Waals surface area contributed by atoms with Crippen LogP contribution in [0, 0.1) is 5.92 Å². The minimum absolute atomic E-state index is 0.206. The van der Waals surface area contributed by atoms with Gasteiger partial charge in [-0.05, 0) is 30.7 Å². The Kier molecular flexibility index (Phi) is 4.06. The van der Waals surface area contributed by atoms with Gasteiger partial charge >= 0.3 is 12.5 Å². The topological polar surface area (TPSA) is 58.4 Å². The van der Waals surface area contributed by atoms with Gasteiger partial charge in [0, 0.05) is 24.3 Å². The maximum absolute atomic E-state index is 13.7. The molecule has 2 heterocycles. The number of imidazole rings is 1. The van der Waals surface area contributed by atoms with Crippen LogP contribution in [0.25, 0.3) is 22.4 Å². The summed E-state index contributed by atoms with van der Waals surface area (Å²) in [5, 5.41) is 9.17. The number of anilines is 1. The summed E-state index contributed by atoms with van der Waals surface area (Å²) in [6.07, 6.45) is 0.578. The Labute approximate surface area is 148 Å². The molecule has 0 spiro atoms. The third kappa shape index (κ3) is 2.79. The Morgan fingerprint density at radius 3 is 2.73 bits per heavy atom. The Hall–Kier alpha value is -2.96. The van der Waals surface area contributed by atoms with E-state index in [0.29, 0.717) is 36.1 Å². The largest absolute Gasteiger partial charge is 0.481 e. The van der Waals surface area contributed by atoms with Crippen LogP contribution < -0.4 is 4.90 Å². The summed E-state index contributed by atoms with van der Waals surface area (Å²) < 4.78 is 28.3. The van der Waals surface area contributed by atoms with E-state index in [1.807, 2.05) is 11.0 Å². The van der Waals surface area contributed by atoms with Crippen molar-refractivity contribution in [2.24, 2.45) is 5.92 Å². The molecule has 134 valence electrons. The van der Waals surface area contributed by atoms with Gasteiger partial charge in [0.25, 0.3) is 0 Å². The average Bonchev–Trinajstić information content (AvgIpc) is 3.27. The maximum Gasteiger partial charge on any atom is 0.320 e. The fraction of sp³-hybridized carbons (Fsp3) is 0.263. The first kappa shape index (κ1) is 16.5. The highest BCUT2D eigenvalue weighted by Gasteiger charge is 2.28. The number of para-hydroxylation sites is 2. The van der Waals surface area contributed by atoms with Crippen molar-refractivity contribution >= 4 is 22.7 Å². The van der Waals surface area contributed by atoms with Gasteiger partial charge in [-0.1, -0.05) is 24.3 Å². The van der Waals surface area contributed by atoms with Gasteiger partial charge in [0.1, 0.15) is 5.82 Å². The van der Waals surface area contributed by atoms with Crippen LogP contribution in [0.15, 0.2) is 48.5 Å². The molecule has 0 aliphatic carbocycles. The predicted octanol–water partition coefficient (Wildman–Crippen LogP) is 4.01. The van der Waals surface area contributed by atoms with E-state index in [1.165, 1.54) is 0 Å². The fourth-order valence-electron chi connectivity index (χ4n) is 3.48. The van der Waals surface area contributed by atoms with Gasteiger partial charge in [0.05, 0.1) is 17.0 Å². The van der Waals surface area contributed by atoms with Crippen LogP contribution in [0.2, 0.25) is 0 Å². The number of aliphatic carboxylic acids is 1. The molecular weight excluding hydrogens is 340 g/mol. The molecular formula is C19H17F2N3O2. The zero-order chi connectivity index (χ0) is 18.3. The molecule has 1 aromatic heterocycles. The van der Waals surface area contributed by atoms with Crippen molar-refractivity contribution in [1.29, 1.82) is 0 Å². The average molecular weight is 357 g/mol. The van der Waals surface area contributed by atoms with Crippen molar-refractivity contribution in [2.75, 3.05) is 18.0 Å². The highest BCUT2D eigenvalue weighted by molar-refractivity contribution is 5.81. The lowest BCUT2D eigenvalue weighted by Gasteiger charge is -2.19. The van der Waals surface area contributed by atoms with Gasteiger partial charge in [-0.15, -0.1) is 0 Å². The van der Waals surface area contributed by atoms with Crippen molar-refractivity contribution in [2.45, 2.75) is 13.0 Å². The van der Waals surface area contributed by atoms with E-state index in [2.05, 4.69) is 4.98 Å². The van der Waals surface area contributed by atoms with Gasteiger partial charge < -0.3 is 10.0 Å². The van der Waals surface area contributed by atoms with Crippen LogP contribution in [0.1, 0.15) is 13.0 Å². The SMILES string of the molecule is O=C(O)C1CCN(c2cccc(-c3nc4ccccc4n3C(F)F)c2)C1. The van der Waals surface area contributed by atoms with Gasteiger partial charge in [-0.2, -0.15) is 8.78 Å². The first-order chi connectivity index (χ1) is 12.5. The second kappa shape index (κ2) is 6.40. The van der Waals surface area contributed by atoms with Crippen LogP contribution in [0.4, 0.5) is 14.5 Å². The smallest absolute Gasteiger partial charge is 0.320 e. The molecule has 2 aromatic carbocycles. The number of rotatable bonds is 4. The van der Waals surface area contributed by atoms with Crippen molar-refractivity contribution < 1.29 is 18.7 Å². The highest BCUT2D eigenvalue weighted by Crippen LogP contribution is 2.32. The number of alkyl halides is 2. The Morgan fingerprint density at radius 1 is 1.19 bits per heavy atom. The molecule has 1 saturated heterocycles. The Bertz CT molecular complexity index is 970. The summed E-state index contributed by atoms with van der Waals surface area (Å²) in [4.78, 5) is 17.5. The van der Waals surface area contributed by atoms with E-state index in [1.54, 1.807) is 42.5 Å². The van der Waals surface area contributed by atoms with E-state index in [9.17, 15) is 13.6 Å². The number of benzene rings is 2. The number of hydrogen-bond acceptors (Lipinski definition) is 3. The second-order valence-corrected chi connectivity index (χ2v) is 6.39. The fourth-order valence-corrected chi connectivity index (χ4v) is 3.48. The number of carboxylic acid groups (broad SMARTS) is 1. The maximum atomic E-state index is 13.7. The summed E-state index contributed by atoms with van der Waals surface area (Å²) >= 11 is 0. The molecule has 1 unspecified atom stereocenters. The van der Waals surface area contributed by atoms with E-state index in [-0.39, 0.29) is 5.82 Å². The first-order valence-corrected chi connectivity index (χ1v) is 8.38. The number of carbonyl (C=O) groups is 1. The van der Waals surface area contributed by atoms with Gasteiger partial charge in [-0.25, -0.2) is 4.98 Å². The first-order valence-electron chi connectivity index (χ1n) is 8.38. The number of halogens is 2. The summed E-state index contributed by atoms with van der Waals surface area (Å²) in [5.74, 6) is -0.996. The zero-order valence-electron chi connectivity index (χ0n) is 13.8. The zero-order valence-corrected chi connectivity index (χ0v) is 13.8. The summed E-state index contributed by atoms with van der Waals surface area (Å²) in [5.41, 5.74) is 2.30. The Morgan fingerprint density at radius 2 is 2.00 bits per heavy atom. The molecule has 4 rings (SSSR count). The molecule has 3 aromatic rings. The molecule has 0 bridgehead atoms. The summed E-state index contributed by atoms with van der Waals surface area (Å²) in [6, 6.07) is 14.0. The van der Waals surface area contributed by atoms with E-state index < -0.39 is 18.4 Å². The van der Waals surface area contributed by atoms with Crippen LogP contribution in [-0.2, 0) is 4.79 Å². The normalized spacial score (nSPS) is 17.3. The summed E-state index contributed by atoms with van der Waals surface area (Å²) in [6.45, 7) is -1.65. The molecule has 1 fully saturated rings. The van der Waals surface area contributed by atoms with Gasteiger partial charge in [-0.3, -0.25) is 9.36 Å². The van der Waals surface area contributed by atoms with E-state index >= 15 is 0 Å². The predicted molar refractivity (Wildman–Crippen MR) is 94.4 cm³/mol. The molecule has 1 atom stereocenters. The number of nitrogens with zero attached hydrogens (tertiary/aromatic N) is 3. The third-order valence-electron chi connectivity index (χ3n) is 4.80. The quantitative estimate of drug-likeness (QED) is 0.766. The number of carboxylic acids is 1. The molecule has 7 heteroatoms. The van der Waals surface area contributed by atoms with Crippen LogP contribution in [0.3, 0.4) is 0 Å². The minimum Gasteiger partial charge on any atom is -0.481 e. The van der Waals surface area contributed by atoms with Gasteiger partial charge in [0.15, 0.2) is 0 Å². The summed E-state index contributed by atoms with van der Waals surface area (Å²) in [7, 11) is 0. The monoisotopic (exact) mass is 357 g/mol. The molecule has 5 nitrogen and oxygen atoms in total. The lowest BCUT2D eigenvalue weighted by atomic mass is 10.1. The van der Waals surface area contributed by atoms with Crippen molar-refractivity contribution in [1.82, 2.24) is 9.55 Å². The standard InChI is InChI=1S/C19H17F2N3O2/c20-19(21)24-16-7-2-1-6-15(16)22-17(24)12-4-3-5-14(10-12)23-9-8-13(11-23)18(25)26/h1-7,10,13,19H,8-9,11H2,(H,25,26). The van der Waals surface area contributed by atoms with Crippen molar-refractivity contribution in [3.8, 4) is 11.4 Å². The third-order valence-corrected chi connectivity index (χ3v) is 4.80. The van der Waals surface area contributed by atoms with Crippen LogP contribution in [0.5, 0.6) is 0 Å². The lowest BCUT2D eigenvalue weighted by molar-refractivity contribution is -0.140. The molecule has 1 aliphatic rings. The molecule has 1 N–H and O–H groups in total. The lowest BCUT2D eigenvalue weighted by Crippen LogP contribution is -2.22. The van der Waals surface area contributed by atoms with Gasteiger partial charge in [0.2, 0.25) is 0 Å². The number of fused-ring (bicyclic) bond motifs is 1.